The smallest absolute Gasteiger partial charge is 0.277 e. The molecule has 2 aromatic carbocycles. The molecule has 8 heteroatoms. The van der Waals surface area contributed by atoms with Crippen molar-refractivity contribution < 1.29 is 24.5 Å². The minimum atomic E-state index is -0.480. The molecule has 2 aromatic rings. The summed E-state index contributed by atoms with van der Waals surface area (Å²) in [7, 11) is 1.50. The quantitative estimate of drug-likeness (QED) is 0.421. The lowest BCUT2D eigenvalue weighted by atomic mass is 10.2. The lowest BCUT2D eigenvalue weighted by Gasteiger charge is -2.09. The van der Waals surface area contributed by atoms with Gasteiger partial charge in [0.1, 0.15) is 0 Å². The van der Waals surface area contributed by atoms with Gasteiger partial charge in [0.15, 0.2) is 29.6 Å². The van der Waals surface area contributed by atoms with Crippen molar-refractivity contribution in [2.45, 2.75) is 0 Å². The molecule has 0 spiro atoms. The zero-order valence-electron chi connectivity index (χ0n) is 12.7. The normalized spacial score (nSPS) is 10.6. The van der Waals surface area contributed by atoms with Crippen LogP contribution in [0, 0.1) is 0 Å². The number of rotatable bonds is 6. The van der Waals surface area contributed by atoms with Crippen LogP contribution in [0.5, 0.6) is 23.0 Å². The molecular weight excluding hydrogens is 336 g/mol. The second-order valence-corrected chi connectivity index (χ2v) is 5.01. The van der Waals surface area contributed by atoms with Crippen LogP contribution in [0.4, 0.5) is 0 Å². The third kappa shape index (κ3) is 4.53. The number of carbonyl (C=O) groups excluding carboxylic acids is 1. The lowest BCUT2D eigenvalue weighted by Crippen LogP contribution is -2.24. The van der Waals surface area contributed by atoms with E-state index in [0.29, 0.717) is 17.1 Å². The molecule has 0 fully saturated rings. The van der Waals surface area contributed by atoms with Crippen molar-refractivity contribution in [2.75, 3.05) is 13.7 Å². The maximum absolute atomic E-state index is 11.7. The molecule has 0 aromatic heterocycles. The Morgan fingerprint density at radius 1 is 1.29 bits per heavy atom. The predicted molar refractivity (Wildman–Crippen MR) is 89.0 cm³/mol. The summed E-state index contributed by atoms with van der Waals surface area (Å²) < 4.78 is 10.4. The number of methoxy groups -OCH3 is 1. The molecule has 0 saturated carbocycles. The minimum absolute atomic E-state index is 0.0257. The number of ether oxygens (including phenoxy) is 2. The number of aromatic hydroxyl groups is 2. The van der Waals surface area contributed by atoms with E-state index in [0.717, 1.165) is 0 Å². The van der Waals surface area contributed by atoms with Crippen molar-refractivity contribution in [3.63, 3.8) is 0 Å². The maximum Gasteiger partial charge on any atom is 0.277 e. The molecule has 0 heterocycles. The number of amides is 1. The van der Waals surface area contributed by atoms with Crippen molar-refractivity contribution in [1.82, 2.24) is 5.43 Å². The summed E-state index contributed by atoms with van der Waals surface area (Å²) in [5.74, 6) is -0.318. The number of phenols is 2. The fraction of sp³-hybridized carbons (Fsp3) is 0.125. The molecule has 0 unspecified atom stereocenters. The van der Waals surface area contributed by atoms with Gasteiger partial charge in [-0.15, -0.1) is 0 Å². The third-order valence-corrected chi connectivity index (χ3v) is 3.18. The molecular formula is C16H15ClN2O5. The van der Waals surface area contributed by atoms with Crippen LogP contribution in [0.2, 0.25) is 5.02 Å². The van der Waals surface area contributed by atoms with Gasteiger partial charge in [0.05, 0.1) is 18.3 Å². The average Bonchev–Trinajstić information content (AvgIpc) is 2.58. The summed E-state index contributed by atoms with van der Waals surface area (Å²) in [6, 6.07) is 9.58. The van der Waals surface area contributed by atoms with E-state index in [9.17, 15) is 15.0 Å². The van der Waals surface area contributed by atoms with E-state index in [1.165, 1.54) is 25.5 Å². The molecule has 24 heavy (non-hydrogen) atoms. The lowest BCUT2D eigenvalue weighted by molar-refractivity contribution is -0.123. The van der Waals surface area contributed by atoms with Crippen molar-refractivity contribution >= 4 is 23.7 Å². The fourth-order valence-corrected chi connectivity index (χ4v) is 1.99. The topological polar surface area (TPSA) is 100 Å². The number of nitrogens with zero attached hydrogens (tertiary/aromatic N) is 1. The molecule has 0 atom stereocenters. The third-order valence-electron chi connectivity index (χ3n) is 2.90. The minimum Gasteiger partial charge on any atom is -0.504 e. The summed E-state index contributed by atoms with van der Waals surface area (Å²) in [6.45, 7) is -0.251. The van der Waals surface area contributed by atoms with Crippen LogP contribution >= 0.6 is 11.6 Å². The van der Waals surface area contributed by atoms with Crippen LogP contribution in [0.25, 0.3) is 0 Å². The first-order valence-electron chi connectivity index (χ1n) is 6.80. The molecule has 126 valence electrons. The Morgan fingerprint density at radius 2 is 2.00 bits per heavy atom. The SMILES string of the molecule is COc1ccccc1OCC(=O)N/N=C/c1cc(O)c(O)c(Cl)c1. The maximum atomic E-state index is 11.7. The largest absolute Gasteiger partial charge is 0.504 e. The van der Waals surface area contributed by atoms with Crippen molar-refractivity contribution in [3.8, 4) is 23.0 Å². The van der Waals surface area contributed by atoms with Gasteiger partial charge < -0.3 is 19.7 Å². The Hall–Kier alpha value is -2.93. The first-order chi connectivity index (χ1) is 11.5. The van der Waals surface area contributed by atoms with Crippen LogP contribution in [0.3, 0.4) is 0 Å². The molecule has 0 saturated heterocycles. The zero-order valence-corrected chi connectivity index (χ0v) is 13.4. The molecule has 2 rings (SSSR count). The highest BCUT2D eigenvalue weighted by Gasteiger charge is 2.07. The van der Waals surface area contributed by atoms with Crippen molar-refractivity contribution in [3.05, 3.63) is 47.0 Å². The molecule has 0 bridgehead atoms. The number of hydrogen-bond donors (Lipinski definition) is 3. The van der Waals surface area contributed by atoms with E-state index in [2.05, 4.69) is 10.5 Å². The fourth-order valence-electron chi connectivity index (χ4n) is 1.77. The van der Waals surface area contributed by atoms with Gasteiger partial charge in [0.2, 0.25) is 0 Å². The highest BCUT2D eigenvalue weighted by molar-refractivity contribution is 6.32. The second kappa shape index (κ2) is 8.07. The van der Waals surface area contributed by atoms with Crippen LogP contribution in [0.1, 0.15) is 5.56 Å². The predicted octanol–water partition coefficient (Wildman–Crippen LogP) is 2.29. The summed E-state index contributed by atoms with van der Waals surface area (Å²) in [5, 5.41) is 22.5. The van der Waals surface area contributed by atoms with E-state index in [4.69, 9.17) is 21.1 Å². The molecule has 0 aliphatic heterocycles. The van der Waals surface area contributed by atoms with Gasteiger partial charge in [-0.1, -0.05) is 23.7 Å². The first kappa shape index (κ1) is 17.4. The Morgan fingerprint density at radius 3 is 2.67 bits per heavy atom. The molecule has 3 N–H and O–H groups in total. The summed E-state index contributed by atoms with van der Waals surface area (Å²) in [4.78, 5) is 11.7. The highest BCUT2D eigenvalue weighted by atomic mass is 35.5. The Bertz CT molecular complexity index is 741. The van der Waals surface area contributed by atoms with E-state index in [1.807, 2.05) is 0 Å². The van der Waals surface area contributed by atoms with Gasteiger partial charge in [-0.25, -0.2) is 5.43 Å². The van der Waals surface area contributed by atoms with Gasteiger partial charge in [-0.05, 0) is 29.8 Å². The number of hydrazone groups is 1. The highest BCUT2D eigenvalue weighted by Crippen LogP contribution is 2.33. The van der Waals surface area contributed by atoms with E-state index in [1.54, 1.807) is 24.3 Å². The van der Waals surface area contributed by atoms with Crippen LogP contribution in [-0.4, -0.2) is 36.1 Å². The summed E-state index contributed by atoms with van der Waals surface area (Å²) in [6.07, 6.45) is 1.27. The van der Waals surface area contributed by atoms with Crippen LogP contribution < -0.4 is 14.9 Å². The molecule has 0 aliphatic rings. The zero-order chi connectivity index (χ0) is 17.5. The first-order valence-corrected chi connectivity index (χ1v) is 7.18. The number of benzene rings is 2. The average molecular weight is 351 g/mol. The van der Waals surface area contributed by atoms with E-state index >= 15 is 0 Å². The van der Waals surface area contributed by atoms with Gasteiger partial charge in [0.25, 0.3) is 5.91 Å². The summed E-state index contributed by atoms with van der Waals surface area (Å²) >= 11 is 5.72. The molecule has 0 radical (unpaired) electrons. The van der Waals surface area contributed by atoms with E-state index in [-0.39, 0.29) is 17.4 Å². The number of halogens is 1. The van der Waals surface area contributed by atoms with Gasteiger partial charge in [0, 0.05) is 0 Å². The van der Waals surface area contributed by atoms with Crippen LogP contribution in [0.15, 0.2) is 41.5 Å². The molecule has 1 amide bonds. The molecule has 0 aliphatic carbocycles. The van der Waals surface area contributed by atoms with Crippen LogP contribution in [-0.2, 0) is 4.79 Å². The monoisotopic (exact) mass is 350 g/mol. The van der Waals surface area contributed by atoms with E-state index < -0.39 is 11.7 Å². The number of hydrogen-bond acceptors (Lipinski definition) is 6. The molecule has 7 nitrogen and oxygen atoms in total. The second-order valence-electron chi connectivity index (χ2n) is 4.60. The Labute approximate surface area is 143 Å². The standard InChI is InChI=1S/C16H15ClN2O5/c1-23-13-4-2-3-5-14(13)24-9-15(21)19-18-8-10-6-11(17)16(22)12(20)7-10/h2-8,20,22H,9H2,1H3,(H,19,21)/b18-8+. The van der Waals surface area contributed by atoms with Crippen molar-refractivity contribution in [2.24, 2.45) is 5.10 Å². The Balaban J connectivity index is 1.89. The van der Waals surface area contributed by atoms with Gasteiger partial charge in [-0.3, -0.25) is 4.79 Å². The van der Waals surface area contributed by atoms with Gasteiger partial charge >= 0.3 is 0 Å². The number of para-hydroxylation sites is 2. The van der Waals surface area contributed by atoms with Gasteiger partial charge in [-0.2, -0.15) is 5.10 Å². The summed E-state index contributed by atoms with van der Waals surface area (Å²) in [5.41, 5.74) is 2.67. The number of nitrogens with one attached hydrogen (secondary N) is 1. The van der Waals surface area contributed by atoms with Crippen molar-refractivity contribution in [1.29, 1.82) is 0 Å². The number of carbonyl (C=O) groups is 1. The Kier molecular flexibility index (Phi) is 5.86. The number of phenolic OH excluding ortho intramolecular Hbond substituents is 2.